The first-order valence-electron chi connectivity index (χ1n) is 10.7. The lowest BCUT2D eigenvalue weighted by Gasteiger charge is -2.16. The third-order valence-corrected chi connectivity index (χ3v) is 5.97. The molecule has 1 saturated heterocycles. The van der Waals surface area contributed by atoms with Gasteiger partial charge in [-0.05, 0) is 55.7 Å². The number of nitrogens with zero attached hydrogens (tertiary/aromatic N) is 5. The van der Waals surface area contributed by atoms with Crippen molar-refractivity contribution in [2.75, 3.05) is 11.4 Å². The number of fused-ring (bicyclic) bond motifs is 3. The molecule has 5 rings (SSSR count). The lowest BCUT2D eigenvalue weighted by Crippen LogP contribution is -2.40. The third kappa shape index (κ3) is 3.82. The van der Waals surface area contributed by atoms with E-state index in [-0.39, 0.29) is 24.1 Å². The molecule has 10 nitrogen and oxygen atoms in total. The monoisotopic (exact) mass is 448 g/mol. The van der Waals surface area contributed by atoms with Crippen LogP contribution in [-0.4, -0.2) is 55.8 Å². The molecule has 0 radical (unpaired) electrons. The molecule has 3 aromatic rings. The van der Waals surface area contributed by atoms with Gasteiger partial charge in [-0.25, -0.2) is 14.5 Å². The first kappa shape index (κ1) is 21.1. The Morgan fingerprint density at radius 2 is 2.06 bits per heavy atom. The van der Waals surface area contributed by atoms with Gasteiger partial charge in [0.2, 0.25) is 5.91 Å². The van der Waals surface area contributed by atoms with Crippen molar-refractivity contribution in [2.45, 2.75) is 44.9 Å². The molecule has 4 heterocycles. The largest absolute Gasteiger partial charge is 0.442 e. The molecular formula is C23H24N6O4. The lowest BCUT2D eigenvalue weighted by molar-refractivity contribution is -0.119. The van der Waals surface area contributed by atoms with Gasteiger partial charge in [-0.2, -0.15) is 0 Å². The van der Waals surface area contributed by atoms with Crippen LogP contribution in [0.5, 0.6) is 0 Å². The first-order chi connectivity index (χ1) is 15.7. The maximum absolute atomic E-state index is 12.4. The topological polar surface area (TPSA) is 122 Å². The SMILES string of the molecule is CC(=O)NC[C@@H]1OC(=O)N2c3ccc(-c4ccc(-n5cc(C(C)(C)O)nn5)nc4)cc3CC12. The second-order valence-corrected chi connectivity index (χ2v) is 8.86. The van der Waals surface area contributed by atoms with Gasteiger partial charge < -0.3 is 15.2 Å². The number of ether oxygens (including phenoxy) is 1. The van der Waals surface area contributed by atoms with E-state index < -0.39 is 5.60 Å². The average Bonchev–Trinajstić information content (AvgIpc) is 3.47. The van der Waals surface area contributed by atoms with Gasteiger partial charge in [-0.1, -0.05) is 11.3 Å². The van der Waals surface area contributed by atoms with E-state index in [1.807, 2.05) is 24.3 Å². The summed E-state index contributed by atoms with van der Waals surface area (Å²) < 4.78 is 6.98. The average molecular weight is 448 g/mol. The van der Waals surface area contributed by atoms with E-state index in [4.69, 9.17) is 4.74 Å². The molecule has 2 amide bonds. The molecule has 33 heavy (non-hydrogen) atoms. The number of hydrogen-bond donors (Lipinski definition) is 2. The van der Waals surface area contributed by atoms with Crippen molar-refractivity contribution in [2.24, 2.45) is 0 Å². The fourth-order valence-electron chi connectivity index (χ4n) is 4.23. The fraction of sp³-hybridized carbons (Fsp3) is 0.348. The zero-order valence-corrected chi connectivity index (χ0v) is 18.5. The maximum Gasteiger partial charge on any atom is 0.415 e. The van der Waals surface area contributed by atoms with Crippen molar-refractivity contribution < 1.29 is 19.4 Å². The summed E-state index contributed by atoms with van der Waals surface area (Å²) in [7, 11) is 0. The summed E-state index contributed by atoms with van der Waals surface area (Å²) in [5.41, 5.74) is 3.18. The van der Waals surface area contributed by atoms with Gasteiger partial charge >= 0.3 is 6.09 Å². The highest BCUT2D eigenvalue weighted by atomic mass is 16.6. The van der Waals surface area contributed by atoms with Gasteiger partial charge in [-0.3, -0.25) is 9.69 Å². The standard InChI is InChI=1S/C23H24N6O4/c1-13(30)24-11-19-18-9-16-8-14(4-6-17(16)29(18)22(31)33-19)15-5-7-21(25-10-15)28-12-20(26-27-28)23(2,3)32/h4-8,10,12,18-19,32H,9,11H2,1-3H3,(H,24,30)/t18?,19-/m0/s1. The molecule has 2 aliphatic heterocycles. The first-order valence-corrected chi connectivity index (χ1v) is 10.7. The van der Waals surface area contributed by atoms with Crippen molar-refractivity contribution in [1.82, 2.24) is 25.3 Å². The summed E-state index contributed by atoms with van der Waals surface area (Å²) in [4.78, 5) is 29.8. The predicted molar refractivity (Wildman–Crippen MR) is 119 cm³/mol. The highest BCUT2D eigenvalue weighted by Crippen LogP contribution is 2.40. The van der Waals surface area contributed by atoms with Crippen molar-refractivity contribution in [1.29, 1.82) is 0 Å². The van der Waals surface area contributed by atoms with E-state index in [0.29, 0.717) is 24.5 Å². The highest BCUT2D eigenvalue weighted by Gasteiger charge is 2.47. The molecule has 0 aliphatic carbocycles. The number of pyridine rings is 1. The third-order valence-electron chi connectivity index (χ3n) is 5.97. The number of carbonyl (C=O) groups excluding carboxylic acids is 2. The van der Waals surface area contributed by atoms with E-state index >= 15 is 0 Å². The summed E-state index contributed by atoms with van der Waals surface area (Å²) in [5.74, 6) is 0.438. The minimum atomic E-state index is -1.08. The second kappa shape index (κ2) is 7.66. The number of cyclic esters (lactones) is 1. The molecule has 10 heteroatoms. The Labute approximate surface area is 190 Å². The minimum absolute atomic E-state index is 0.132. The lowest BCUT2D eigenvalue weighted by atomic mass is 10.0. The van der Waals surface area contributed by atoms with Gasteiger partial charge in [-0.15, -0.1) is 5.10 Å². The Morgan fingerprint density at radius 3 is 2.73 bits per heavy atom. The Balaban J connectivity index is 1.36. The smallest absolute Gasteiger partial charge is 0.415 e. The second-order valence-electron chi connectivity index (χ2n) is 8.86. The van der Waals surface area contributed by atoms with Gasteiger partial charge in [0.1, 0.15) is 17.4 Å². The predicted octanol–water partition coefficient (Wildman–Crippen LogP) is 1.94. The number of aliphatic hydroxyl groups is 1. The molecule has 1 unspecified atom stereocenters. The van der Waals surface area contributed by atoms with Crippen molar-refractivity contribution >= 4 is 17.7 Å². The number of hydrogen-bond acceptors (Lipinski definition) is 7. The highest BCUT2D eigenvalue weighted by molar-refractivity contribution is 5.94. The van der Waals surface area contributed by atoms with Crippen molar-refractivity contribution in [3.8, 4) is 16.9 Å². The van der Waals surface area contributed by atoms with Gasteiger partial charge in [0.25, 0.3) is 0 Å². The molecule has 0 saturated carbocycles. The Kier molecular flexibility index (Phi) is 4.89. The molecule has 2 aromatic heterocycles. The zero-order chi connectivity index (χ0) is 23.3. The van der Waals surface area contributed by atoms with Crippen LogP contribution in [-0.2, 0) is 21.6 Å². The summed E-state index contributed by atoms with van der Waals surface area (Å²) in [6, 6.07) is 9.59. The molecular weight excluding hydrogens is 424 g/mol. The van der Waals surface area contributed by atoms with Crippen LogP contribution in [0.15, 0.2) is 42.7 Å². The normalized spacial score (nSPS) is 19.3. The van der Waals surface area contributed by atoms with Gasteiger partial charge in [0.15, 0.2) is 5.82 Å². The molecule has 2 N–H and O–H groups in total. The van der Waals surface area contributed by atoms with E-state index in [9.17, 15) is 14.7 Å². The quantitative estimate of drug-likeness (QED) is 0.612. The Morgan fingerprint density at radius 1 is 1.27 bits per heavy atom. The summed E-state index contributed by atoms with van der Waals surface area (Å²) in [6.07, 6.45) is 3.30. The van der Waals surface area contributed by atoms with Crippen molar-refractivity contribution in [3.05, 3.63) is 54.0 Å². The number of amides is 2. The van der Waals surface area contributed by atoms with Gasteiger partial charge in [0, 0.05) is 18.7 Å². The molecule has 2 aliphatic rings. The minimum Gasteiger partial charge on any atom is -0.442 e. The van der Waals surface area contributed by atoms with Crippen LogP contribution >= 0.6 is 0 Å². The zero-order valence-electron chi connectivity index (χ0n) is 18.5. The van der Waals surface area contributed by atoms with Crippen LogP contribution in [0.3, 0.4) is 0 Å². The molecule has 0 bridgehead atoms. The number of benzene rings is 1. The number of rotatable bonds is 5. The molecule has 0 spiro atoms. The van der Waals surface area contributed by atoms with E-state index in [1.165, 1.54) is 11.6 Å². The van der Waals surface area contributed by atoms with Crippen LogP contribution in [0.4, 0.5) is 10.5 Å². The van der Waals surface area contributed by atoms with E-state index in [2.05, 4.69) is 26.7 Å². The molecule has 2 atom stereocenters. The van der Waals surface area contributed by atoms with E-state index in [0.717, 1.165) is 22.4 Å². The number of anilines is 1. The van der Waals surface area contributed by atoms with Crippen LogP contribution < -0.4 is 10.2 Å². The Hall–Kier alpha value is -3.79. The fourth-order valence-corrected chi connectivity index (χ4v) is 4.23. The van der Waals surface area contributed by atoms with Crippen LogP contribution in [0.25, 0.3) is 16.9 Å². The molecule has 1 fully saturated rings. The molecule has 170 valence electrons. The summed E-state index contributed by atoms with van der Waals surface area (Å²) >= 11 is 0. The van der Waals surface area contributed by atoms with Crippen LogP contribution in [0, 0.1) is 0 Å². The Bertz CT molecular complexity index is 1230. The van der Waals surface area contributed by atoms with Crippen LogP contribution in [0.1, 0.15) is 32.0 Å². The van der Waals surface area contributed by atoms with Gasteiger partial charge in [0.05, 0.1) is 24.5 Å². The van der Waals surface area contributed by atoms with Crippen LogP contribution in [0.2, 0.25) is 0 Å². The van der Waals surface area contributed by atoms with Crippen molar-refractivity contribution in [3.63, 3.8) is 0 Å². The number of carbonyl (C=O) groups is 2. The maximum atomic E-state index is 12.4. The number of aromatic nitrogens is 4. The molecule has 1 aromatic carbocycles. The summed E-state index contributed by atoms with van der Waals surface area (Å²) in [5, 5.41) is 20.9. The van der Waals surface area contributed by atoms with E-state index in [1.54, 1.807) is 31.1 Å². The number of nitrogens with one attached hydrogen (secondary N) is 1. The summed E-state index contributed by atoms with van der Waals surface area (Å²) in [6.45, 7) is 5.04.